The van der Waals surface area contributed by atoms with Crippen LogP contribution in [0.5, 0.6) is 0 Å². The first kappa shape index (κ1) is 22.1. The van der Waals surface area contributed by atoms with E-state index in [2.05, 4.69) is 38.5 Å². The van der Waals surface area contributed by atoms with Crippen molar-refractivity contribution >= 4 is 41.3 Å². The highest BCUT2D eigenvalue weighted by atomic mass is 127. The molecule has 0 bridgehead atoms. The Morgan fingerprint density at radius 1 is 1.30 bits per heavy atom. The third-order valence-electron chi connectivity index (χ3n) is 4.34. The van der Waals surface area contributed by atoms with Crippen LogP contribution in [0.3, 0.4) is 0 Å². The van der Waals surface area contributed by atoms with Crippen molar-refractivity contribution in [1.82, 2.24) is 20.5 Å². The van der Waals surface area contributed by atoms with Gasteiger partial charge in [0, 0.05) is 37.8 Å². The number of guanidine groups is 1. The molecule has 0 amide bonds. The summed E-state index contributed by atoms with van der Waals surface area (Å²) in [6, 6.07) is 4.22. The fraction of sp³-hybridized carbons (Fsp3) is 0.556. The van der Waals surface area contributed by atoms with Gasteiger partial charge in [-0.05, 0) is 26.0 Å². The minimum Gasteiger partial charge on any atom is -0.465 e. The van der Waals surface area contributed by atoms with E-state index in [4.69, 9.17) is 9.15 Å². The average Bonchev–Trinajstić information content (AvgIpc) is 3.27. The van der Waals surface area contributed by atoms with Crippen molar-refractivity contribution in [3.05, 3.63) is 39.7 Å². The molecular weight excluding hydrogens is 477 g/mol. The zero-order valence-corrected chi connectivity index (χ0v) is 19.2. The molecule has 0 aliphatic carbocycles. The molecule has 27 heavy (non-hydrogen) atoms. The number of nitrogens with zero attached hydrogens (tertiary/aromatic N) is 3. The molecule has 1 aliphatic rings. The number of hydrogen-bond donors (Lipinski definition) is 2. The Bertz CT molecular complexity index is 727. The quantitative estimate of drug-likeness (QED) is 0.358. The molecule has 3 rings (SSSR count). The Hall–Kier alpha value is -1.17. The molecule has 3 heterocycles. The van der Waals surface area contributed by atoms with Crippen LogP contribution in [0.1, 0.15) is 27.4 Å². The van der Waals surface area contributed by atoms with Crippen LogP contribution in [-0.4, -0.2) is 55.7 Å². The van der Waals surface area contributed by atoms with Crippen LogP contribution in [-0.2, 0) is 11.3 Å². The number of aryl methyl sites for hydroxylation is 2. The summed E-state index contributed by atoms with van der Waals surface area (Å²) in [5, 5.41) is 7.80. The molecule has 0 radical (unpaired) electrons. The normalized spacial score (nSPS) is 16.6. The van der Waals surface area contributed by atoms with Crippen molar-refractivity contribution in [1.29, 1.82) is 0 Å². The van der Waals surface area contributed by atoms with Gasteiger partial charge < -0.3 is 19.8 Å². The molecule has 9 heteroatoms. The van der Waals surface area contributed by atoms with Crippen LogP contribution in [0.15, 0.2) is 27.7 Å². The van der Waals surface area contributed by atoms with Crippen molar-refractivity contribution in [3.8, 4) is 0 Å². The maximum Gasteiger partial charge on any atom is 0.191 e. The topological polar surface area (TPSA) is 74.9 Å². The highest BCUT2D eigenvalue weighted by molar-refractivity contribution is 14.0. The van der Waals surface area contributed by atoms with Crippen molar-refractivity contribution in [3.63, 3.8) is 0 Å². The van der Waals surface area contributed by atoms with Crippen molar-refractivity contribution in [2.24, 2.45) is 4.99 Å². The number of ether oxygens (including phenoxy) is 1. The molecule has 2 aromatic rings. The Balaban J connectivity index is 0.00000261. The van der Waals surface area contributed by atoms with Gasteiger partial charge in [-0.15, -0.1) is 35.3 Å². The summed E-state index contributed by atoms with van der Waals surface area (Å²) >= 11 is 1.69. The summed E-state index contributed by atoms with van der Waals surface area (Å²) in [5.74, 6) is 2.67. The lowest BCUT2D eigenvalue weighted by molar-refractivity contribution is 0.0124. The van der Waals surface area contributed by atoms with Gasteiger partial charge in [0.1, 0.15) is 16.5 Å². The lowest BCUT2D eigenvalue weighted by Crippen LogP contribution is -2.46. The number of thiazole rings is 1. The first-order chi connectivity index (χ1) is 12.7. The van der Waals surface area contributed by atoms with Crippen LogP contribution < -0.4 is 10.6 Å². The molecular formula is C18H28IN5O2S. The highest BCUT2D eigenvalue weighted by Crippen LogP contribution is 2.23. The lowest BCUT2D eigenvalue weighted by Gasteiger charge is -2.33. The highest BCUT2D eigenvalue weighted by Gasteiger charge is 2.25. The average molecular weight is 505 g/mol. The molecule has 0 spiro atoms. The fourth-order valence-electron chi connectivity index (χ4n) is 2.99. The molecule has 0 saturated carbocycles. The number of halogens is 1. The maximum atomic E-state index is 5.91. The summed E-state index contributed by atoms with van der Waals surface area (Å²) < 4.78 is 11.4. The summed E-state index contributed by atoms with van der Waals surface area (Å²) in [6.07, 6.45) is 1.89. The van der Waals surface area contributed by atoms with E-state index in [9.17, 15) is 0 Å². The first-order valence-corrected chi connectivity index (χ1v) is 9.71. The van der Waals surface area contributed by atoms with Gasteiger partial charge in [0.2, 0.25) is 0 Å². The molecule has 1 unspecified atom stereocenters. The van der Waals surface area contributed by atoms with Gasteiger partial charge in [0.05, 0.1) is 25.8 Å². The van der Waals surface area contributed by atoms with E-state index in [-0.39, 0.29) is 30.0 Å². The van der Waals surface area contributed by atoms with Crippen LogP contribution in [0.2, 0.25) is 0 Å². The smallest absolute Gasteiger partial charge is 0.191 e. The van der Waals surface area contributed by atoms with Gasteiger partial charge in [-0.3, -0.25) is 9.89 Å². The van der Waals surface area contributed by atoms with E-state index < -0.39 is 0 Å². The summed E-state index contributed by atoms with van der Waals surface area (Å²) in [6.45, 7) is 8.73. The number of aromatic nitrogens is 1. The van der Waals surface area contributed by atoms with Gasteiger partial charge in [-0.25, -0.2) is 4.98 Å². The molecule has 2 N–H and O–H groups in total. The van der Waals surface area contributed by atoms with Crippen LogP contribution in [0, 0.1) is 13.8 Å². The number of nitrogens with one attached hydrogen (secondary N) is 2. The summed E-state index contributed by atoms with van der Waals surface area (Å²) in [4.78, 5) is 12.3. The SMILES string of the molecule is CN=C(NCc1ncc(C)s1)NCC(c1ccc(C)o1)N1CCOCC1.I. The third kappa shape index (κ3) is 6.44. The molecule has 1 fully saturated rings. The van der Waals surface area contributed by atoms with Crippen LogP contribution >= 0.6 is 35.3 Å². The number of morpholine rings is 1. The van der Waals surface area contributed by atoms with Crippen molar-refractivity contribution < 1.29 is 9.15 Å². The number of rotatable bonds is 6. The van der Waals surface area contributed by atoms with E-state index in [0.29, 0.717) is 13.1 Å². The van der Waals surface area contributed by atoms with E-state index in [1.54, 1.807) is 18.4 Å². The van der Waals surface area contributed by atoms with Gasteiger partial charge >= 0.3 is 0 Å². The Kier molecular flexibility index (Phi) is 9.00. The number of aliphatic imine (C=N–C) groups is 1. The fourth-order valence-corrected chi connectivity index (χ4v) is 3.71. The number of furan rings is 1. The Morgan fingerprint density at radius 2 is 2.07 bits per heavy atom. The second-order valence-corrected chi connectivity index (χ2v) is 7.60. The predicted molar refractivity (Wildman–Crippen MR) is 119 cm³/mol. The molecule has 1 atom stereocenters. The largest absolute Gasteiger partial charge is 0.465 e. The minimum atomic E-state index is 0. The Morgan fingerprint density at radius 3 is 2.67 bits per heavy atom. The van der Waals surface area contributed by atoms with E-state index >= 15 is 0 Å². The standard InChI is InChI=1S/C18H27N5O2S.HI/c1-13-4-5-16(25-13)15(23-6-8-24-9-7-23)11-21-18(19-3)22-12-17-20-10-14(2)26-17;/h4-5,10,15H,6-9,11-12H2,1-3H3,(H2,19,21,22);1H. The first-order valence-electron chi connectivity index (χ1n) is 8.89. The molecule has 150 valence electrons. The summed E-state index contributed by atoms with van der Waals surface area (Å²) in [7, 11) is 1.78. The maximum absolute atomic E-state index is 5.91. The second-order valence-electron chi connectivity index (χ2n) is 6.28. The van der Waals surface area contributed by atoms with E-state index in [1.807, 2.05) is 19.2 Å². The monoisotopic (exact) mass is 505 g/mol. The zero-order chi connectivity index (χ0) is 18.4. The van der Waals surface area contributed by atoms with Crippen LogP contribution in [0.4, 0.5) is 0 Å². The third-order valence-corrected chi connectivity index (χ3v) is 5.25. The van der Waals surface area contributed by atoms with Gasteiger partial charge in [-0.1, -0.05) is 0 Å². The van der Waals surface area contributed by atoms with E-state index in [0.717, 1.165) is 48.8 Å². The molecule has 2 aromatic heterocycles. The second kappa shape index (κ2) is 11.0. The van der Waals surface area contributed by atoms with Crippen molar-refractivity contribution in [2.75, 3.05) is 39.9 Å². The molecule has 1 saturated heterocycles. The van der Waals surface area contributed by atoms with Crippen LogP contribution in [0.25, 0.3) is 0 Å². The predicted octanol–water partition coefficient (Wildman–Crippen LogP) is 2.71. The van der Waals surface area contributed by atoms with Crippen molar-refractivity contribution in [2.45, 2.75) is 26.4 Å². The number of hydrogen-bond acceptors (Lipinski definition) is 6. The molecule has 0 aromatic carbocycles. The molecule has 1 aliphatic heterocycles. The zero-order valence-electron chi connectivity index (χ0n) is 16.0. The summed E-state index contributed by atoms with van der Waals surface area (Å²) in [5.41, 5.74) is 0. The lowest BCUT2D eigenvalue weighted by atomic mass is 10.1. The molecule has 7 nitrogen and oxygen atoms in total. The van der Waals surface area contributed by atoms with Gasteiger partial charge in [0.25, 0.3) is 0 Å². The van der Waals surface area contributed by atoms with E-state index in [1.165, 1.54) is 4.88 Å². The Labute approximate surface area is 181 Å². The van der Waals surface area contributed by atoms with Gasteiger partial charge in [0.15, 0.2) is 5.96 Å². The van der Waals surface area contributed by atoms with Gasteiger partial charge in [-0.2, -0.15) is 0 Å². The minimum absolute atomic E-state index is 0.